The zero-order valence-corrected chi connectivity index (χ0v) is 15.6. The molecule has 0 bridgehead atoms. The monoisotopic (exact) mass is 370 g/mol. The van der Waals surface area contributed by atoms with Gasteiger partial charge < -0.3 is 10.6 Å². The molecule has 2 aromatic rings. The molecule has 1 aliphatic rings. The van der Waals surface area contributed by atoms with Crippen LogP contribution in [-0.4, -0.2) is 24.4 Å². The van der Waals surface area contributed by atoms with Crippen LogP contribution < -0.4 is 10.6 Å². The first kappa shape index (κ1) is 18.5. The smallest absolute Gasteiger partial charge is 0.251 e. The Hall–Kier alpha value is -2.33. The minimum absolute atomic E-state index is 0.0246. The van der Waals surface area contributed by atoms with Crippen LogP contribution in [-0.2, 0) is 10.2 Å². The Morgan fingerprint density at radius 1 is 1.08 bits per heavy atom. The molecule has 1 fully saturated rings. The predicted octanol–water partition coefficient (Wildman–Crippen LogP) is 3.70. The normalized spacial score (nSPS) is 16.2. The fraction of sp³-hybridized carbons (Fsp3) is 0.333. The number of hydrogen-bond donors (Lipinski definition) is 2. The number of halogens is 1. The van der Waals surface area contributed by atoms with Crippen LogP contribution in [0.3, 0.4) is 0 Å². The maximum absolute atomic E-state index is 12.4. The summed E-state index contributed by atoms with van der Waals surface area (Å²) in [6.45, 7) is 2.29. The van der Waals surface area contributed by atoms with E-state index >= 15 is 0 Å². The predicted molar refractivity (Wildman–Crippen MR) is 103 cm³/mol. The molecular weight excluding hydrogens is 348 g/mol. The van der Waals surface area contributed by atoms with Crippen LogP contribution in [0.2, 0.25) is 5.02 Å². The van der Waals surface area contributed by atoms with Gasteiger partial charge in [-0.3, -0.25) is 9.59 Å². The first-order valence-corrected chi connectivity index (χ1v) is 9.28. The van der Waals surface area contributed by atoms with Gasteiger partial charge in [-0.05, 0) is 49.6 Å². The Labute approximate surface area is 158 Å². The van der Waals surface area contributed by atoms with Crippen molar-refractivity contribution in [1.82, 2.24) is 10.6 Å². The molecule has 0 heterocycles. The summed E-state index contributed by atoms with van der Waals surface area (Å²) in [5.41, 5.74) is 1.77. The topological polar surface area (TPSA) is 58.2 Å². The van der Waals surface area contributed by atoms with E-state index in [-0.39, 0.29) is 17.2 Å². The second-order valence-electron chi connectivity index (χ2n) is 6.92. The van der Waals surface area contributed by atoms with Gasteiger partial charge >= 0.3 is 0 Å². The Morgan fingerprint density at radius 3 is 2.31 bits per heavy atom. The Bertz CT molecular complexity index is 770. The van der Waals surface area contributed by atoms with E-state index < -0.39 is 6.04 Å². The van der Waals surface area contributed by atoms with Crippen molar-refractivity contribution in [2.24, 2.45) is 0 Å². The highest BCUT2D eigenvalue weighted by Crippen LogP contribution is 2.43. The van der Waals surface area contributed by atoms with Crippen molar-refractivity contribution in [1.29, 1.82) is 0 Å². The maximum Gasteiger partial charge on any atom is 0.251 e. The van der Waals surface area contributed by atoms with Crippen LogP contribution in [0, 0.1) is 0 Å². The Kier molecular flexibility index (Phi) is 5.62. The van der Waals surface area contributed by atoms with E-state index in [9.17, 15) is 9.59 Å². The van der Waals surface area contributed by atoms with Crippen molar-refractivity contribution in [3.05, 3.63) is 70.7 Å². The molecule has 0 spiro atoms. The molecule has 1 saturated carbocycles. The molecule has 5 heteroatoms. The lowest BCUT2D eigenvalue weighted by Gasteiger charge is -2.42. The second-order valence-corrected chi connectivity index (χ2v) is 7.36. The van der Waals surface area contributed by atoms with Gasteiger partial charge in [-0.2, -0.15) is 0 Å². The third-order valence-corrected chi connectivity index (χ3v) is 5.40. The summed E-state index contributed by atoms with van der Waals surface area (Å²) in [7, 11) is 0. The van der Waals surface area contributed by atoms with E-state index in [2.05, 4.69) is 22.8 Å². The van der Waals surface area contributed by atoms with E-state index in [1.54, 1.807) is 31.2 Å². The molecule has 26 heavy (non-hydrogen) atoms. The van der Waals surface area contributed by atoms with E-state index in [0.29, 0.717) is 17.1 Å². The highest BCUT2D eigenvalue weighted by atomic mass is 35.5. The lowest BCUT2D eigenvalue weighted by molar-refractivity contribution is -0.123. The summed E-state index contributed by atoms with van der Waals surface area (Å²) in [6.07, 6.45) is 3.32. The van der Waals surface area contributed by atoms with Crippen molar-refractivity contribution in [3.8, 4) is 0 Å². The number of hydrogen-bond acceptors (Lipinski definition) is 2. The van der Waals surface area contributed by atoms with Gasteiger partial charge in [0.05, 0.1) is 0 Å². The van der Waals surface area contributed by atoms with Crippen LogP contribution in [0.5, 0.6) is 0 Å². The molecule has 0 radical (unpaired) electrons. The van der Waals surface area contributed by atoms with Crippen LogP contribution in [0.1, 0.15) is 42.1 Å². The zero-order valence-electron chi connectivity index (χ0n) is 14.8. The quantitative estimate of drug-likeness (QED) is 0.814. The van der Waals surface area contributed by atoms with E-state index in [0.717, 1.165) is 12.8 Å². The molecule has 1 aliphatic carbocycles. The first-order valence-electron chi connectivity index (χ1n) is 8.90. The van der Waals surface area contributed by atoms with Crippen molar-refractivity contribution >= 4 is 23.4 Å². The van der Waals surface area contributed by atoms with Gasteiger partial charge in [-0.15, -0.1) is 0 Å². The van der Waals surface area contributed by atoms with Gasteiger partial charge in [-0.1, -0.05) is 48.4 Å². The minimum Gasteiger partial charge on any atom is -0.353 e. The highest BCUT2D eigenvalue weighted by molar-refractivity contribution is 6.30. The third-order valence-electron chi connectivity index (χ3n) is 5.15. The maximum atomic E-state index is 12.4. The van der Waals surface area contributed by atoms with Crippen LogP contribution in [0.4, 0.5) is 0 Å². The SMILES string of the molecule is CC(NC(=O)c1ccc(Cl)cc1)C(=O)NCC1(c2ccccc2)CCC1. The average molecular weight is 371 g/mol. The van der Waals surface area contributed by atoms with Gasteiger partial charge in [0.25, 0.3) is 5.91 Å². The Morgan fingerprint density at radius 2 is 1.73 bits per heavy atom. The highest BCUT2D eigenvalue weighted by Gasteiger charge is 2.38. The molecule has 0 aliphatic heterocycles. The molecule has 2 aromatic carbocycles. The number of rotatable bonds is 6. The van der Waals surface area contributed by atoms with E-state index in [1.807, 2.05) is 18.2 Å². The van der Waals surface area contributed by atoms with Crippen molar-refractivity contribution in [3.63, 3.8) is 0 Å². The molecule has 136 valence electrons. The van der Waals surface area contributed by atoms with E-state index in [4.69, 9.17) is 11.6 Å². The largest absolute Gasteiger partial charge is 0.353 e. The number of nitrogens with one attached hydrogen (secondary N) is 2. The second kappa shape index (κ2) is 7.92. The fourth-order valence-electron chi connectivity index (χ4n) is 3.32. The summed E-state index contributed by atoms with van der Waals surface area (Å²) < 4.78 is 0. The zero-order chi connectivity index (χ0) is 18.6. The average Bonchev–Trinajstić information content (AvgIpc) is 2.62. The van der Waals surface area contributed by atoms with Crippen molar-refractivity contribution in [2.75, 3.05) is 6.54 Å². The van der Waals surface area contributed by atoms with Crippen molar-refractivity contribution in [2.45, 2.75) is 37.6 Å². The summed E-state index contributed by atoms with van der Waals surface area (Å²) in [4.78, 5) is 24.7. The summed E-state index contributed by atoms with van der Waals surface area (Å²) in [6, 6.07) is 16.3. The Balaban J connectivity index is 1.56. The van der Waals surface area contributed by atoms with Gasteiger partial charge in [0.1, 0.15) is 6.04 Å². The molecule has 2 amide bonds. The van der Waals surface area contributed by atoms with Gasteiger partial charge in [0, 0.05) is 22.5 Å². The standard InChI is InChI=1S/C21H23ClN2O2/c1-15(24-20(26)16-8-10-18(22)11-9-16)19(25)23-14-21(12-5-13-21)17-6-3-2-4-7-17/h2-4,6-11,15H,5,12-14H2,1H3,(H,23,25)(H,24,26). The minimum atomic E-state index is -0.605. The third kappa shape index (κ3) is 4.07. The molecule has 0 saturated heterocycles. The molecule has 2 N–H and O–H groups in total. The molecule has 1 unspecified atom stereocenters. The lowest BCUT2D eigenvalue weighted by Crippen LogP contribution is -2.51. The molecule has 0 aromatic heterocycles. The molecule has 3 rings (SSSR count). The van der Waals surface area contributed by atoms with Crippen LogP contribution in [0.15, 0.2) is 54.6 Å². The number of carbonyl (C=O) groups is 2. The molecular formula is C21H23ClN2O2. The number of carbonyl (C=O) groups excluding carboxylic acids is 2. The van der Waals surface area contributed by atoms with Crippen LogP contribution in [0.25, 0.3) is 0 Å². The summed E-state index contributed by atoms with van der Waals surface area (Å²) in [5.74, 6) is -0.458. The summed E-state index contributed by atoms with van der Waals surface area (Å²) >= 11 is 5.83. The molecule has 1 atom stereocenters. The lowest BCUT2D eigenvalue weighted by atomic mass is 9.64. The fourth-order valence-corrected chi connectivity index (χ4v) is 3.44. The number of benzene rings is 2. The summed E-state index contributed by atoms with van der Waals surface area (Å²) in [5, 5.41) is 6.32. The van der Waals surface area contributed by atoms with Gasteiger partial charge in [-0.25, -0.2) is 0 Å². The molecule has 4 nitrogen and oxygen atoms in total. The van der Waals surface area contributed by atoms with Crippen molar-refractivity contribution < 1.29 is 9.59 Å². The van der Waals surface area contributed by atoms with E-state index in [1.165, 1.54) is 12.0 Å². The van der Waals surface area contributed by atoms with Gasteiger partial charge in [0.2, 0.25) is 5.91 Å². The first-order chi connectivity index (χ1) is 12.5. The van der Waals surface area contributed by atoms with Crippen LogP contribution >= 0.6 is 11.6 Å². The number of amides is 2. The van der Waals surface area contributed by atoms with Gasteiger partial charge in [0.15, 0.2) is 0 Å².